The minimum atomic E-state index is -3.03. The lowest BCUT2D eigenvalue weighted by atomic mass is 9.78. The summed E-state index contributed by atoms with van der Waals surface area (Å²) >= 11 is 7.31. The normalized spacial score (nSPS) is 27.9. The Balaban J connectivity index is 1.44. The van der Waals surface area contributed by atoms with Crippen molar-refractivity contribution in [1.29, 1.82) is 0 Å². The van der Waals surface area contributed by atoms with E-state index in [1.807, 2.05) is 25.3 Å². The van der Waals surface area contributed by atoms with E-state index in [4.69, 9.17) is 16.3 Å². The van der Waals surface area contributed by atoms with Crippen LogP contribution >= 0.6 is 22.9 Å². The van der Waals surface area contributed by atoms with Crippen molar-refractivity contribution >= 4 is 22.9 Å². The van der Waals surface area contributed by atoms with Gasteiger partial charge in [0, 0.05) is 29.1 Å². The van der Waals surface area contributed by atoms with E-state index < -0.39 is 18.1 Å². The standard InChI is InChI=1S/C19H19ClF2N6OS/c1-11-6-18(17-13(5-16(20)30-17)19(21,22)10-29-18)7-14(24-11)15-9-28(27-26-15)8-12-3-2-4-23-25-12/h2-5,9,11,14,24H,6-8,10H2,1H3/t11-,14-,18-/m0/s1. The maximum Gasteiger partial charge on any atom is 0.297 e. The third-order valence-electron chi connectivity index (χ3n) is 5.56. The molecular formula is C19H19ClF2N6OS. The Morgan fingerprint density at radius 1 is 1.37 bits per heavy atom. The highest BCUT2D eigenvalue weighted by atomic mass is 35.5. The van der Waals surface area contributed by atoms with Gasteiger partial charge in [-0.1, -0.05) is 16.8 Å². The maximum atomic E-state index is 14.4. The van der Waals surface area contributed by atoms with E-state index in [0.717, 1.165) is 11.4 Å². The van der Waals surface area contributed by atoms with Gasteiger partial charge in [0.15, 0.2) is 0 Å². The Hall–Kier alpha value is -2.01. The number of alkyl halides is 2. The van der Waals surface area contributed by atoms with Crippen molar-refractivity contribution in [1.82, 2.24) is 30.5 Å². The van der Waals surface area contributed by atoms with Crippen molar-refractivity contribution in [2.75, 3.05) is 6.61 Å². The van der Waals surface area contributed by atoms with Crippen LogP contribution in [-0.2, 0) is 22.8 Å². The molecule has 0 bridgehead atoms. The van der Waals surface area contributed by atoms with Gasteiger partial charge >= 0.3 is 0 Å². The fourth-order valence-corrected chi connectivity index (χ4v) is 5.78. The van der Waals surface area contributed by atoms with E-state index in [1.54, 1.807) is 10.9 Å². The van der Waals surface area contributed by atoms with Gasteiger partial charge in [-0.05, 0) is 31.5 Å². The summed E-state index contributed by atoms with van der Waals surface area (Å²) in [7, 11) is 0. The van der Waals surface area contributed by atoms with Crippen LogP contribution < -0.4 is 5.32 Å². The van der Waals surface area contributed by atoms with Crippen molar-refractivity contribution in [3.05, 3.63) is 56.8 Å². The van der Waals surface area contributed by atoms with Crippen molar-refractivity contribution in [2.45, 2.75) is 49.9 Å². The molecule has 5 heterocycles. The molecule has 0 aliphatic carbocycles. The molecular weight excluding hydrogens is 434 g/mol. The molecule has 11 heteroatoms. The first-order valence-corrected chi connectivity index (χ1v) is 10.8. The molecule has 3 aromatic rings. The molecule has 0 amide bonds. The topological polar surface area (TPSA) is 77.8 Å². The Bertz CT molecular complexity index is 1060. The average Bonchev–Trinajstić information content (AvgIpc) is 3.34. The van der Waals surface area contributed by atoms with Crippen molar-refractivity contribution in [3.8, 4) is 0 Å². The van der Waals surface area contributed by atoms with E-state index in [-0.39, 0.29) is 17.6 Å². The SMILES string of the molecule is C[C@H]1C[C@@]2(C[C@@H](c3cn(Cc4cccnn4)nn3)N1)OCC(F)(F)c1cc(Cl)sc12. The third-order valence-corrected chi connectivity index (χ3v) is 7.01. The van der Waals surface area contributed by atoms with Gasteiger partial charge in [-0.2, -0.15) is 19.0 Å². The van der Waals surface area contributed by atoms with Crippen LogP contribution in [0.2, 0.25) is 4.34 Å². The number of fused-ring (bicyclic) bond motifs is 2. The molecule has 2 aliphatic heterocycles. The predicted octanol–water partition coefficient (Wildman–Crippen LogP) is 3.66. The number of hydrogen-bond acceptors (Lipinski definition) is 7. The molecule has 158 valence electrons. The Morgan fingerprint density at radius 3 is 3.03 bits per heavy atom. The second-order valence-electron chi connectivity index (χ2n) is 7.87. The number of hydrogen-bond donors (Lipinski definition) is 1. The number of halogens is 3. The zero-order valence-electron chi connectivity index (χ0n) is 16.1. The molecule has 2 aliphatic rings. The summed E-state index contributed by atoms with van der Waals surface area (Å²) in [6.45, 7) is 1.82. The Morgan fingerprint density at radius 2 is 2.23 bits per heavy atom. The maximum absolute atomic E-state index is 14.4. The molecule has 3 atom stereocenters. The van der Waals surface area contributed by atoms with Gasteiger partial charge in [0.25, 0.3) is 5.92 Å². The van der Waals surface area contributed by atoms with Gasteiger partial charge in [0.05, 0.1) is 34.5 Å². The van der Waals surface area contributed by atoms with Gasteiger partial charge < -0.3 is 10.1 Å². The van der Waals surface area contributed by atoms with Crippen molar-refractivity contribution in [2.24, 2.45) is 0 Å². The number of thiophene rings is 1. The van der Waals surface area contributed by atoms with Gasteiger partial charge in [-0.15, -0.1) is 16.4 Å². The zero-order chi connectivity index (χ0) is 20.9. The summed E-state index contributed by atoms with van der Waals surface area (Å²) < 4.78 is 36.8. The molecule has 1 N–H and O–H groups in total. The van der Waals surface area contributed by atoms with E-state index in [2.05, 4.69) is 25.8 Å². The summed E-state index contributed by atoms with van der Waals surface area (Å²) in [4.78, 5) is 0.522. The highest BCUT2D eigenvalue weighted by Crippen LogP contribution is 2.54. The summed E-state index contributed by atoms with van der Waals surface area (Å²) in [5.41, 5.74) is 0.669. The highest BCUT2D eigenvalue weighted by molar-refractivity contribution is 7.16. The molecule has 5 rings (SSSR count). The largest absolute Gasteiger partial charge is 0.363 e. The lowest BCUT2D eigenvalue weighted by Crippen LogP contribution is -2.51. The minimum Gasteiger partial charge on any atom is -0.363 e. The quantitative estimate of drug-likeness (QED) is 0.653. The van der Waals surface area contributed by atoms with Crippen LogP contribution in [0.15, 0.2) is 30.6 Å². The minimum absolute atomic E-state index is 0.0112. The smallest absolute Gasteiger partial charge is 0.297 e. The number of ether oxygens (including phenoxy) is 1. The summed E-state index contributed by atoms with van der Waals surface area (Å²) in [5.74, 6) is -3.03. The van der Waals surface area contributed by atoms with Crippen LogP contribution in [-0.4, -0.2) is 37.8 Å². The average molecular weight is 453 g/mol. The molecule has 0 unspecified atom stereocenters. The van der Waals surface area contributed by atoms with E-state index in [1.165, 1.54) is 17.4 Å². The summed E-state index contributed by atoms with van der Waals surface area (Å²) in [6.07, 6.45) is 4.51. The van der Waals surface area contributed by atoms with Crippen LogP contribution in [0.25, 0.3) is 0 Å². The number of rotatable bonds is 3. The first-order chi connectivity index (χ1) is 14.3. The monoisotopic (exact) mass is 452 g/mol. The molecule has 30 heavy (non-hydrogen) atoms. The molecule has 1 saturated heterocycles. The van der Waals surface area contributed by atoms with Crippen LogP contribution in [0.3, 0.4) is 0 Å². The fraction of sp³-hybridized carbons (Fsp3) is 0.474. The van der Waals surface area contributed by atoms with Gasteiger partial charge in [0.2, 0.25) is 0 Å². The summed E-state index contributed by atoms with van der Waals surface area (Å²) in [5, 5.41) is 19.9. The molecule has 1 fully saturated rings. The summed E-state index contributed by atoms with van der Waals surface area (Å²) in [6, 6.07) is 4.90. The highest BCUT2D eigenvalue weighted by Gasteiger charge is 2.53. The second-order valence-corrected chi connectivity index (χ2v) is 9.55. The van der Waals surface area contributed by atoms with Crippen molar-refractivity contribution < 1.29 is 13.5 Å². The number of piperidine rings is 1. The van der Waals surface area contributed by atoms with E-state index in [0.29, 0.717) is 28.6 Å². The molecule has 1 spiro atoms. The number of aromatic nitrogens is 5. The van der Waals surface area contributed by atoms with Gasteiger partial charge in [-0.3, -0.25) is 0 Å². The van der Waals surface area contributed by atoms with E-state index >= 15 is 0 Å². The molecule has 7 nitrogen and oxygen atoms in total. The first-order valence-electron chi connectivity index (χ1n) is 9.59. The van der Waals surface area contributed by atoms with Crippen LogP contribution in [0.4, 0.5) is 8.78 Å². The third kappa shape index (κ3) is 3.51. The molecule has 0 aromatic carbocycles. The fourth-order valence-electron chi connectivity index (χ4n) is 4.34. The Kier molecular flexibility index (Phi) is 4.85. The Labute approximate surface area is 180 Å². The van der Waals surface area contributed by atoms with Gasteiger partial charge in [0.1, 0.15) is 12.2 Å². The molecule has 0 saturated carbocycles. The number of nitrogens with one attached hydrogen (secondary N) is 1. The molecule has 0 radical (unpaired) electrons. The first kappa shape index (κ1) is 19.9. The second kappa shape index (κ2) is 7.30. The lowest BCUT2D eigenvalue weighted by Gasteiger charge is -2.47. The lowest BCUT2D eigenvalue weighted by molar-refractivity contribution is -0.183. The molecule has 3 aromatic heterocycles. The van der Waals surface area contributed by atoms with Crippen LogP contribution in [0.5, 0.6) is 0 Å². The number of nitrogens with zero attached hydrogens (tertiary/aromatic N) is 5. The van der Waals surface area contributed by atoms with Crippen LogP contribution in [0.1, 0.15) is 47.6 Å². The van der Waals surface area contributed by atoms with Crippen molar-refractivity contribution in [3.63, 3.8) is 0 Å². The van der Waals surface area contributed by atoms with E-state index in [9.17, 15) is 8.78 Å². The van der Waals surface area contributed by atoms with Gasteiger partial charge in [-0.25, -0.2) is 4.68 Å². The zero-order valence-corrected chi connectivity index (χ0v) is 17.6. The predicted molar refractivity (Wildman–Crippen MR) is 107 cm³/mol. The van der Waals surface area contributed by atoms with Crippen LogP contribution in [0, 0.1) is 0 Å².